The van der Waals surface area contributed by atoms with Gasteiger partial charge < -0.3 is 9.84 Å². The summed E-state index contributed by atoms with van der Waals surface area (Å²) in [5.41, 5.74) is 5.43. The fourth-order valence-corrected chi connectivity index (χ4v) is 4.43. The average molecular weight is 439 g/mol. The van der Waals surface area contributed by atoms with Gasteiger partial charge in [-0.1, -0.05) is 98.3 Å². The molecular weight excluding hydrogens is 408 g/mol. The number of carbonyl (C=O) groups excluding carboxylic acids is 1. The fourth-order valence-electron chi connectivity index (χ4n) is 4.43. The predicted molar refractivity (Wildman–Crippen MR) is 135 cm³/mol. The Morgan fingerprint density at radius 2 is 1.48 bits per heavy atom. The molecule has 1 N–H and O–H groups in total. The standard InChI is InChI=1S/C30H30O3/c1-5-33-29(32)28(31)30(3,4)26-19-25(21-11-7-6-8-12-21)23-13-9-10-14-24(23)27(26)22-17-15-20(2)16-18-22/h6-19,28,31H,5H2,1-4H3. The molecular formula is C30H30O3. The molecule has 0 aliphatic heterocycles. The van der Waals surface area contributed by atoms with Crippen LogP contribution >= 0.6 is 0 Å². The van der Waals surface area contributed by atoms with Crippen molar-refractivity contribution in [2.24, 2.45) is 0 Å². The molecule has 0 aliphatic carbocycles. The molecule has 3 heteroatoms. The van der Waals surface area contributed by atoms with E-state index in [2.05, 4.69) is 61.5 Å². The zero-order chi connectivity index (χ0) is 23.6. The number of carbonyl (C=O) groups is 1. The smallest absolute Gasteiger partial charge is 0.335 e. The van der Waals surface area contributed by atoms with Gasteiger partial charge in [-0.3, -0.25) is 0 Å². The molecule has 0 aliphatic rings. The maximum absolute atomic E-state index is 12.6. The van der Waals surface area contributed by atoms with Crippen molar-refractivity contribution in [3.63, 3.8) is 0 Å². The summed E-state index contributed by atoms with van der Waals surface area (Å²) in [5.74, 6) is -0.605. The molecule has 1 atom stereocenters. The van der Waals surface area contributed by atoms with Gasteiger partial charge in [-0.2, -0.15) is 0 Å². The normalized spacial score (nSPS) is 12.5. The predicted octanol–water partition coefficient (Wildman–Crippen LogP) is 6.68. The Bertz CT molecular complexity index is 1270. The van der Waals surface area contributed by atoms with Crippen molar-refractivity contribution in [3.8, 4) is 22.3 Å². The van der Waals surface area contributed by atoms with Crippen molar-refractivity contribution in [2.75, 3.05) is 6.61 Å². The molecule has 4 rings (SSSR count). The lowest BCUT2D eigenvalue weighted by Crippen LogP contribution is -2.41. The second-order valence-corrected chi connectivity index (χ2v) is 9.00. The number of fused-ring (bicyclic) bond motifs is 1. The van der Waals surface area contributed by atoms with Crippen LogP contribution in [-0.2, 0) is 14.9 Å². The lowest BCUT2D eigenvalue weighted by molar-refractivity contribution is -0.156. The summed E-state index contributed by atoms with van der Waals surface area (Å²) in [6, 6.07) is 29.1. The second-order valence-electron chi connectivity index (χ2n) is 9.00. The number of aryl methyl sites for hydroxylation is 1. The highest BCUT2D eigenvalue weighted by Gasteiger charge is 2.39. The van der Waals surface area contributed by atoms with Gasteiger partial charge in [0.05, 0.1) is 6.61 Å². The van der Waals surface area contributed by atoms with E-state index in [4.69, 9.17) is 4.74 Å². The third-order valence-corrected chi connectivity index (χ3v) is 6.36. The Balaban J connectivity index is 2.08. The maximum Gasteiger partial charge on any atom is 0.335 e. The van der Waals surface area contributed by atoms with Crippen LogP contribution in [0.2, 0.25) is 0 Å². The number of hydrogen-bond acceptors (Lipinski definition) is 3. The zero-order valence-corrected chi connectivity index (χ0v) is 19.6. The Labute approximate surface area is 195 Å². The summed E-state index contributed by atoms with van der Waals surface area (Å²) in [7, 11) is 0. The highest BCUT2D eigenvalue weighted by Crippen LogP contribution is 2.44. The van der Waals surface area contributed by atoms with Crippen LogP contribution in [-0.4, -0.2) is 23.8 Å². The minimum absolute atomic E-state index is 0.226. The van der Waals surface area contributed by atoms with Crippen molar-refractivity contribution in [3.05, 3.63) is 96.1 Å². The topological polar surface area (TPSA) is 46.5 Å². The van der Waals surface area contributed by atoms with Crippen LogP contribution in [0.1, 0.15) is 31.9 Å². The summed E-state index contributed by atoms with van der Waals surface area (Å²) in [4.78, 5) is 12.6. The summed E-state index contributed by atoms with van der Waals surface area (Å²) < 4.78 is 5.19. The van der Waals surface area contributed by atoms with Gasteiger partial charge in [0.2, 0.25) is 0 Å². The minimum Gasteiger partial charge on any atom is -0.464 e. The molecule has 0 spiro atoms. The van der Waals surface area contributed by atoms with Gasteiger partial charge >= 0.3 is 5.97 Å². The van der Waals surface area contributed by atoms with Crippen LogP contribution in [0, 0.1) is 6.92 Å². The molecule has 1 unspecified atom stereocenters. The minimum atomic E-state index is -1.30. The first kappa shape index (κ1) is 22.8. The molecule has 0 aromatic heterocycles. The van der Waals surface area contributed by atoms with E-state index in [0.717, 1.165) is 38.6 Å². The van der Waals surface area contributed by atoms with Gasteiger partial charge in [-0.25, -0.2) is 4.79 Å². The van der Waals surface area contributed by atoms with Gasteiger partial charge in [-0.05, 0) is 58.5 Å². The van der Waals surface area contributed by atoms with Crippen LogP contribution < -0.4 is 0 Å². The third-order valence-electron chi connectivity index (χ3n) is 6.36. The molecule has 3 nitrogen and oxygen atoms in total. The molecule has 0 radical (unpaired) electrons. The molecule has 0 heterocycles. The molecule has 0 amide bonds. The molecule has 168 valence electrons. The van der Waals surface area contributed by atoms with Crippen LogP contribution in [0.25, 0.3) is 33.0 Å². The van der Waals surface area contributed by atoms with Gasteiger partial charge in [-0.15, -0.1) is 0 Å². The number of aliphatic hydroxyl groups excluding tert-OH is 1. The molecule has 0 bridgehead atoms. The van der Waals surface area contributed by atoms with E-state index in [-0.39, 0.29) is 6.61 Å². The SMILES string of the molecule is CCOC(=O)C(O)C(C)(C)c1cc(-c2ccccc2)c2ccccc2c1-c1ccc(C)cc1. The highest BCUT2D eigenvalue weighted by molar-refractivity contribution is 6.06. The second kappa shape index (κ2) is 9.21. The van der Waals surface area contributed by atoms with Crippen LogP contribution in [0.15, 0.2) is 84.9 Å². The summed E-state index contributed by atoms with van der Waals surface area (Å²) in [6.07, 6.45) is -1.30. The molecule has 0 fully saturated rings. The molecule has 4 aromatic rings. The molecule has 0 saturated heterocycles. The van der Waals surface area contributed by atoms with Crippen molar-refractivity contribution in [1.29, 1.82) is 0 Å². The van der Waals surface area contributed by atoms with E-state index < -0.39 is 17.5 Å². The quantitative estimate of drug-likeness (QED) is 0.341. The van der Waals surface area contributed by atoms with Crippen LogP contribution in [0.3, 0.4) is 0 Å². The molecule has 4 aromatic carbocycles. The summed E-state index contributed by atoms with van der Waals surface area (Å²) >= 11 is 0. The Hall–Kier alpha value is -3.43. The number of benzene rings is 4. The number of aliphatic hydroxyl groups is 1. The van der Waals surface area contributed by atoms with E-state index in [1.165, 1.54) is 5.56 Å². The maximum atomic E-state index is 12.6. The monoisotopic (exact) mass is 438 g/mol. The first-order chi connectivity index (χ1) is 15.8. The van der Waals surface area contributed by atoms with E-state index in [9.17, 15) is 9.90 Å². The average Bonchev–Trinajstić information content (AvgIpc) is 2.83. The van der Waals surface area contributed by atoms with Crippen molar-refractivity contribution >= 4 is 16.7 Å². The largest absolute Gasteiger partial charge is 0.464 e. The van der Waals surface area contributed by atoms with E-state index in [1.807, 2.05) is 44.2 Å². The van der Waals surface area contributed by atoms with E-state index in [0.29, 0.717) is 0 Å². The van der Waals surface area contributed by atoms with Gasteiger partial charge in [0.25, 0.3) is 0 Å². The van der Waals surface area contributed by atoms with Crippen LogP contribution in [0.5, 0.6) is 0 Å². The first-order valence-electron chi connectivity index (χ1n) is 11.4. The molecule has 0 saturated carbocycles. The van der Waals surface area contributed by atoms with E-state index >= 15 is 0 Å². The summed E-state index contributed by atoms with van der Waals surface area (Å²) in [6.45, 7) is 7.86. The number of ether oxygens (including phenoxy) is 1. The van der Waals surface area contributed by atoms with Gasteiger partial charge in [0, 0.05) is 5.41 Å². The lowest BCUT2D eigenvalue weighted by Gasteiger charge is -2.33. The van der Waals surface area contributed by atoms with E-state index in [1.54, 1.807) is 6.92 Å². The van der Waals surface area contributed by atoms with Gasteiger partial charge in [0.1, 0.15) is 0 Å². The number of esters is 1. The number of rotatable bonds is 6. The highest BCUT2D eigenvalue weighted by atomic mass is 16.5. The Morgan fingerprint density at radius 1 is 0.879 bits per heavy atom. The van der Waals surface area contributed by atoms with Crippen molar-refractivity contribution < 1.29 is 14.6 Å². The number of hydrogen-bond donors (Lipinski definition) is 1. The summed E-state index contributed by atoms with van der Waals surface area (Å²) in [5, 5.41) is 13.3. The third kappa shape index (κ3) is 4.29. The zero-order valence-electron chi connectivity index (χ0n) is 19.6. The Morgan fingerprint density at radius 3 is 2.12 bits per heavy atom. The lowest BCUT2D eigenvalue weighted by atomic mass is 9.73. The van der Waals surface area contributed by atoms with Crippen LogP contribution in [0.4, 0.5) is 0 Å². The van der Waals surface area contributed by atoms with Crippen molar-refractivity contribution in [2.45, 2.75) is 39.2 Å². The van der Waals surface area contributed by atoms with Crippen molar-refractivity contribution in [1.82, 2.24) is 0 Å². The molecule has 33 heavy (non-hydrogen) atoms. The first-order valence-corrected chi connectivity index (χ1v) is 11.4. The van der Waals surface area contributed by atoms with Gasteiger partial charge in [0.15, 0.2) is 6.10 Å². The Kier molecular flexibility index (Phi) is 6.35. The fraction of sp³-hybridized carbons (Fsp3) is 0.233.